The molecule has 8 heteroatoms. The average molecular weight is 456 g/mol. The van der Waals surface area contributed by atoms with E-state index in [1.54, 1.807) is 44.6 Å². The summed E-state index contributed by atoms with van der Waals surface area (Å²) in [6, 6.07) is 12.1. The van der Waals surface area contributed by atoms with Crippen LogP contribution < -0.4 is 14.8 Å². The van der Waals surface area contributed by atoms with E-state index < -0.39 is 12.5 Å². The number of hydrogen-bond acceptors (Lipinski definition) is 4. The van der Waals surface area contributed by atoms with Gasteiger partial charge in [0, 0.05) is 11.0 Å². The first kappa shape index (κ1) is 21.7. The van der Waals surface area contributed by atoms with Gasteiger partial charge in [-0.05, 0) is 41.8 Å². The minimum Gasteiger partial charge on any atom is -0.493 e. The van der Waals surface area contributed by atoms with E-state index in [4.69, 9.17) is 9.47 Å². The third-order valence-electron chi connectivity index (χ3n) is 3.84. The number of benzene rings is 2. The van der Waals surface area contributed by atoms with Crippen molar-refractivity contribution in [2.24, 2.45) is 0 Å². The van der Waals surface area contributed by atoms with Crippen LogP contribution in [0.15, 0.2) is 53.2 Å². The van der Waals surface area contributed by atoms with Crippen molar-refractivity contribution in [3.05, 3.63) is 64.3 Å². The minimum atomic E-state index is -3.01. The number of carbonyl (C=O) groups is 1. The highest BCUT2D eigenvalue weighted by atomic mass is 79.9. The van der Waals surface area contributed by atoms with E-state index in [2.05, 4.69) is 26.0 Å². The molecule has 0 heterocycles. The van der Waals surface area contributed by atoms with Crippen LogP contribution in [0.4, 0.5) is 8.78 Å². The third-order valence-corrected chi connectivity index (χ3v) is 4.36. The van der Waals surface area contributed by atoms with Crippen LogP contribution in [0.25, 0.3) is 5.57 Å². The summed E-state index contributed by atoms with van der Waals surface area (Å²) in [5.41, 5.74) is 1.41. The number of rotatable bonds is 9. The van der Waals surface area contributed by atoms with Crippen LogP contribution in [0.1, 0.15) is 11.1 Å². The first-order chi connectivity index (χ1) is 13.4. The number of carbonyl (C=O) groups excluding carboxylic acids is 1. The van der Waals surface area contributed by atoms with Crippen LogP contribution >= 0.6 is 15.9 Å². The lowest BCUT2D eigenvalue weighted by Gasteiger charge is -2.12. The van der Waals surface area contributed by atoms with E-state index >= 15 is 0 Å². The van der Waals surface area contributed by atoms with Gasteiger partial charge in [-0.25, -0.2) is 0 Å². The lowest BCUT2D eigenvalue weighted by atomic mass is 10.1. The first-order valence-electron chi connectivity index (χ1n) is 8.33. The molecule has 0 spiro atoms. The molecule has 28 heavy (non-hydrogen) atoms. The lowest BCUT2D eigenvalue weighted by Crippen LogP contribution is -2.26. The molecule has 1 amide bonds. The van der Waals surface area contributed by atoms with Gasteiger partial charge in [0.25, 0.3) is 5.91 Å². The van der Waals surface area contributed by atoms with Crippen molar-refractivity contribution in [3.8, 4) is 11.5 Å². The highest BCUT2D eigenvalue weighted by molar-refractivity contribution is 9.10. The number of nitrogens with one attached hydrogen (secondary N) is 1. The summed E-state index contributed by atoms with van der Waals surface area (Å²) in [6.45, 7) is -2.71. The van der Waals surface area contributed by atoms with Crippen molar-refractivity contribution in [3.63, 3.8) is 0 Å². The fraction of sp³-hybridized carbons (Fsp3) is 0.250. The summed E-state index contributed by atoms with van der Waals surface area (Å²) in [4.78, 5) is 12.5. The zero-order valence-electron chi connectivity index (χ0n) is 15.4. The Hall–Kier alpha value is -2.61. The first-order valence-corrected chi connectivity index (χ1v) is 9.12. The van der Waals surface area contributed by atoms with Crippen molar-refractivity contribution in [2.45, 2.75) is 13.0 Å². The summed E-state index contributed by atoms with van der Waals surface area (Å²) in [6.07, 6.45) is 1.30. The van der Waals surface area contributed by atoms with E-state index in [-0.39, 0.29) is 5.57 Å². The molecule has 0 saturated carbocycles. The minimum absolute atomic E-state index is 0.0140. The molecule has 0 fully saturated rings. The van der Waals surface area contributed by atoms with Gasteiger partial charge in [-0.1, -0.05) is 34.1 Å². The van der Waals surface area contributed by atoms with E-state index in [9.17, 15) is 13.6 Å². The molecular formula is C20H20BrF2NO4. The van der Waals surface area contributed by atoms with Gasteiger partial charge in [0.1, 0.15) is 6.26 Å². The van der Waals surface area contributed by atoms with E-state index in [1.807, 2.05) is 12.1 Å². The molecule has 150 valence electrons. The normalized spacial score (nSPS) is 11.3. The molecule has 1 N–H and O–H groups in total. The van der Waals surface area contributed by atoms with Gasteiger partial charge in [0.05, 0.1) is 19.8 Å². The molecule has 2 rings (SSSR count). The van der Waals surface area contributed by atoms with Gasteiger partial charge in [-0.2, -0.15) is 8.78 Å². The summed E-state index contributed by atoms with van der Waals surface area (Å²) >= 11 is 3.29. The lowest BCUT2D eigenvalue weighted by molar-refractivity contribution is -0.116. The Labute approximate surface area is 170 Å². The monoisotopic (exact) mass is 455 g/mol. The smallest absolute Gasteiger partial charge is 0.386 e. The maximum atomic E-state index is 12.5. The average Bonchev–Trinajstić information content (AvgIpc) is 2.69. The highest BCUT2D eigenvalue weighted by Gasteiger charge is 2.14. The molecule has 0 aliphatic rings. The molecule has 0 saturated heterocycles. The zero-order valence-corrected chi connectivity index (χ0v) is 17.0. The molecule has 0 unspecified atom stereocenters. The maximum absolute atomic E-state index is 12.5. The molecule has 0 bridgehead atoms. The van der Waals surface area contributed by atoms with Crippen LogP contribution in [0, 0.1) is 0 Å². The van der Waals surface area contributed by atoms with Crippen LogP contribution in [-0.4, -0.2) is 33.3 Å². The molecule has 2 aromatic rings. The Kier molecular flexibility index (Phi) is 8.25. The fourth-order valence-corrected chi connectivity index (χ4v) is 2.72. The molecule has 0 radical (unpaired) electrons. The third kappa shape index (κ3) is 6.23. The van der Waals surface area contributed by atoms with E-state index in [0.29, 0.717) is 30.0 Å². The van der Waals surface area contributed by atoms with Gasteiger partial charge < -0.3 is 19.5 Å². The maximum Gasteiger partial charge on any atom is 0.386 e. The molecule has 5 nitrogen and oxygen atoms in total. The van der Waals surface area contributed by atoms with Gasteiger partial charge in [0.2, 0.25) is 0 Å². The van der Waals surface area contributed by atoms with Crippen molar-refractivity contribution >= 4 is 27.4 Å². The second-order valence-corrected chi connectivity index (χ2v) is 6.55. The number of halogens is 3. The van der Waals surface area contributed by atoms with Gasteiger partial charge in [-0.15, -0.1) is 0 Å². The Morgan fingerprint density at radius 2 is 1.79 bits per heavy atom. The number of hydrogen-bond donors (Lipinski definition) is 1. The number of alkyl halides is 2. The Balaban J connectivity index is 2.05. The van der Waals surface area contributed by atoms with Crippen molar-refractivity contribution in [1.29, 1.82) is 0 Å². The summed E-state index contributed by atoms with van der Waals surface area (Å²) in [5, 5.41) is 2.72. The molecule has 2 aromatic carbocycles. The predicted octanol–water partition coefficient (Wildman–Crippen LogP) is 4.41. The van der Waals surface area contributed by atoms with Crippen LogP contribution in [0.2, 0.25) is 0 Å². The number of ether oxygens (including phenoxy) is 3. The second kappa shape index (κ2) is 10.7. The molecule has 0 aliphatic carbocycles. The van der Waals surface area contributed by atoms with Crippen LogP contribution in [0.3, 0.4) is 0 Å². The molecule has 0 aromatic heterocycles. The predicted molar refractivity (Wildman–Crippen MR) is 105 cm³/mol. The zero-order chi connectivity index (χ0) is 20.5. The summed E-state index contributed by atoms with van der Waals surface area (Å²) < 4.78 is 40.3. The van der Waals surface area contributed by atoms with Crippen molar-refractivity contribution in [1.82, 2.24) is 5.32 Å². The number of methoxy groups -OCH3 is 2. The standard InChI is InChI=1S/C20H20BrF2NO4/c1-26-17-8-3-13(11-18(17)27-2)9-10-24-19(25)16(12-28-20(22)23)14-4-6-15(21)7-5-14/h3-8,11-12,20H,9-10H2,1-2H3,(H,24,25)/b16-12-. The highest BCUT2D eigenvalue weighted by Crippen LogP contribution is 2.27. The van der Waals surface area contributed by atoms with Crippen LogP contribution in [-0.2, 0) is 16.0 Å². The summed E-state index contributed by atoms with van der Waals surface area (Å²) in [7, 11) is 3.09. The largest absolute Gasteiger partial charge is 0.493 e. The molecule has 0 atom stereocenters. The second-order valence-electron chi connectivity index (χ2n) is 5.63. The summed E-state index contributed by atoms with van der Waals surface area (Å²) in [5.74, 6) is 0.690. The van der Waals surface area contributed by atoms with Gasteiger partial charge >= 0.3 is 6.61 Å². The van der Waals surface area contributed by atoms with Gasteiger partial charge in [-0.3, -0.25) is 4.79 Å². The fourth-order valence-electron chi connectivity index (χ4n) is 2.45. The topological polar surface area (TPSA) is 56.8 Å². The van der Waals surface area contributed by atoms with Crippen molar-refractivity contribution in [2.75, 3.05) is 20.8 Å². The van der Waals surface area contributed by atoms with E-state index in [0.717, 1.165) is 16.3 Å². The molecular weight excluding hydrogens is 436 g/mol. The van der Waals surface area contributed by atoms with Crippen LogP contribution in [0.5, 0.6) is 11.5 Å². The molecule has 0 aliphatic heterocycles. The van der Waals surface area contributed by atoms with E-state index in [1.165, 1.54) is 0 Å². The van der Waals surface area contributed by atoms with Crippen molar-refractivity contribution < 1.29 is 27.8 Å². The Bertz CT molecular complexity index is 825. The SMILES string of the molecule is COc1ccc(CCNC(=O)/C(=C\OC(F)F)c2ccc(Br)cc2)cc1OC. The quantitative estimate of drug-likeness (QED) is 0.449. The Morgan fingerprint density at radius 1 is 1.11 bits per heavy atom. The Morgan fingerprint density at radius 3 is 2.39 bits per heavy atom. The van der Waals surface area contributed by atoms with Gasteiger partial charge in [0.15, 0.2) is 11.5 Å². The number of amides is 1.